The zero-order chi connectivity index (χ0) is 20.1. The molecule has 0 fully saturated rings. The van der Waals surface area contributed by atoms with Crippen LogP contribution in [0.5, 0.6) is 0 Å². The number of nitrogens with one attached hydrogen (secondary N) is 2. The highest BCUT2D eigenvalue weighted by Gasteiger charge is 2.11. The van der Waals surface area contributed by atoms with Gasteiger partial charge in [-0.1, -0.05) is 24.3 Å². The van der Waals surface area contributed by atoms with Crippen LogP contribution in [0.15, 0.2) is 58.3 Å². The van der Waals surface area contributed by atoms with Gasteiger partial charge in [-0.2, -0.15) is 0 Å². The third-order valence-corrected chi connectivity index (χ3v) is 6.24. The summed E-state index contributed by atoms with van der Waals surface area (Å²) in [5.41, 5.74) is 1.59. The Morgan fingerprint density at radius 1 is 0.889 bits per heavy atom. The van der Waals surface area contributed by atoms with E-state index in [2.05, 4.69) is 10.0 Å². The van der Waals surface area contributed by atoms with Crippen molar-refractivity contribution < 1.29 is 21.6 Å². The summed E-state index contributed by atoms with van der Waals surface area (Å²) in [4.78, 5) is 12.1. The van der Waals surface area contributed by atoms with Crippen LogP contribution in [-0.4, -0.2) is 29.8 Å². The van der Waals surface area contributed by atoms with E-state index in [0.717, 1.165) is 11.1 Å². The summed E-state index contributed by atoms with van der Waals surface area (Å²) in [5, 5.41) is 7.78. The standard InChI is InChI=1S/C17H21N3O5S2/c1-19-27(24,25)16-9-2-13(3-10-16)6-11-17(21)20-12-14-4-7-15(8-5-14)26(18,22)23/h2-5,7-10,19H,6,11-12H2,1H3,(H,20,21)(H2,18,22,23). The van der Waals surface area contributed by atoms with E-state index < -0.39 is 20.0 Å². The molecule has 0 aliphatic heterocycles. The molecule has 0 saturated heterocycles. The highest BCUT2D eigenvalue weighted by Crippen LogP contribution is 2.12. The van der Waals surface area contributed by atoms with Gasteiger partial charge in [0.25, 0.3) is 0 Å². The van der Waals surface area contributed by atoms with Crippen molar-refractivity contribution in [1.82, 2.24) is 10.0 Å². The molecule has 2 aromatic rings. The van der Waals surface area contributed by atoms with Crippen molar-refractivity contribution in [2.45, 2.75) is 29.2 Å². The van der Waals surface area contributed by atoms with Crippen molar-refractivity contribution in [2.75, 3.05) is 7.05 Å². The summed E-state index contributed by atoms with van der Waals surface area (Å²) in [7, 11) is -5.86. The van der Waals surface area contributed by atoms with E-state index in [-0.39, 0.29) is 28.7 Å². The second-order valence-corrected chi connectivity index (χ2v) is 9.27. The first-order valence-corrected chi connectivity index (χ1v) is 11.1. The van der Waals surface area contributed by atoms with Gasteiger partial charge in [-0.15, -0.1) is 0 Å². The van der Waals surface area contributed by atoms with E-state index in [1.165, 1.54) is 31.3 Å². The number of carbonyl (C=O) groups excluding carboxylic acids is 1. The quantitative estimate of drug-likeness (QED) is 0.581. The predicted octanol–water partition coefficient (Wildman–Crippen LogP) is 0.491. The third kappa shape index (κ3) is 6.14. The number of benzene rings is 2. The smallest absolute Gasteiger partial charge is 0.240 e. The first-order valence-electron chi connectivity index (χ1n) is 8.03. The highest BCUT2D eigenvalue weighted by atomic mass is 32.2. The van der Waals surface area contributed by atoms with E-state index in [4.69, 9.17) is 5.14 Å². The Bertz CT molecular complexity index is 1000. The van der Waals surface area contributed by atoms with Gasteiger partial charge in [0.05, 0.1) is 9.79 Å². The van der Waals surface area contributed by atoms with Gasteiger partial charge in [0.2, 0.25) is 26.0 Å². The molecule has 0 bridgehead atoms. The summed E-state index contributed by atoms with van der Waals surface area (Å²) < 4.78 is 47.9. The normalized spacial score (nSPS) is 11.9. The van der Waals surface area contributed by atoms with Crippen LogP contribution in [-0.2, 0) is 37.8 Å². The predicted molar refractivity (Wildman–Crippen MR) is 101 cm³/mol. The average Bonchev–Trinajstić information content (AvgIpc) is 2.64. The van der Waals surface area contributed by atoms with E-state index >= 15 is 0 Å². The van der Waals surface area contributed by atoms with Crippen molar-refractivity contribution in [3.05, 3.63) is 59.7 Å². The van der Waals surface area contributed by atoms with Gasteiger partial charge in [-0.3, -0.25) is 4.79 Å². The Labute approximate surface area is 158 Å². The summed E-state index contributed by atoms with van der Waals surface area (Å²) in [5.74, 6) is -0.169. The van der Waals surface area contributed by atoms with Crippen LogP contribution >= 0.6 is 0 Å². The van der Waals surface area contributed by atoms with E-state index in [0.29, 0.717) is 6.42 Å². The number of hydrogen-bond acceptors (Lipinski definition) is 5. The molecule has 0 heterocycles. The Kier molecular flexibility index (Phi) is 6.71. The van der Waals surface area contributed by atoms with Crippen molar-refractivity contribution in [2.24, 2.45) is 5.14 Å². The van der Waals surface area contributed by atoms with Crippen molar-refractivity contribution in [3.8, 4) is 0 Å². The maximum Gasteiger partial charge on any atom is 0.240 e. The Morgan fingerprint density at radius 3 is 1.93 bits per heavy atom. The molecule has 2 aromatic carbocycles. The molecule has 8 nitrogen and oxygen atoms in total. The Balaban J connectivity index is 1.84. The fourth-order valence-electron chi connectivity index (χ4n) is 2.30. The fraction of sp³-hybridized carbons (Fsp3) is 0.235. The lowest BCUT2D eigenvalue weighted by Gasteiger charge is -2.07. The lowest BCUT2D eigenvalue weighted by molar-refractivity contribution is -0.121. The number of hydrogen-bond donors (Lipinski definition) is 3. The average molecular weight is 412 g/mol. The van der Waals surface area contributed by atoms with Crippen molar-refractivity contribution in [1.29, 1.82) is 0 Å². The largest absolute Gasteiger partial charge is 0.352 e. The maximum absolute atomic E-state index is 12.0. The highest BCUT2D eigenvalue weighted by molar-refractivity contribution is 7.89. The first-order chi connectivity index (χ1) is 12.6. The summed E-state index contributed by atoms with van der Waals surface area (Å²) in [6, 6.07) is 12.3. The summed E-state index contributed by atoms with van der Waals surface area (Å²) in [6.45, 7) is 0.267. The van der Waals surface area contributed by atoms with Gasteiger partial charge in [0.1, 0.15) is 0 Å². The molecular weight excluding hydrogens is 390 g/mol. The summed E-state index contributed by atoms with van der Waals surface area (Å²) >= 11 is 0. The molecule has 4 N–H and O–H groups in total. The molecular formula is C17H21N3O5S2. The minimum Gasteiger partial charge on any atom is -0.352 e. The monoisotopic (exact) mass is 411 g/mol. The van der Waals surface area contributed by atoms with Gasteiger partial charge in [0, 0.05) is 13.0 Å². The molecule has 0 aliphatic carbocycles. The van der Waals surface area contributed by atoms with Crippen LogP contribution in [0.2, 0.25) is 0 Å². The van der Waals surface area contributed by atoms with E-state index in [1.807, 2.05) is 0 Å². The Morgan fingerprint density at radius 2 is 1.41 bits per heavy atom. The van der Waals surface area contributed by atoms with Gasteiger partial charge in [-0.25, -0.2) is 26.7 Å². The van der Waals surface area contributed by atoms with E-state index in [1.54, 1.807) is 24.3 Å². The number of sulfonamides is 2. The molecule has 0 aromatic heterocycles. The lowest BCUT2D eigenvalue weighted by Crippen LogP contribution is -2.23. The van der Waals surface area contributed by atoms with Crippen LogP contribution in [0, 0.1) is 0 Å². The van der Waals surface area contributed by atoms with Gasteiger partial charge >= 0.3 is 0 Å². The molecule has 0 saturated carbocycles. The minimum atomic E-state index is -3.73. The van der Waals surface area contributed by atoms with Crippen molar-refractivity contribution >= 4 is 26.0 Å². The van der Waals surface area contributed by atoms with Crippen LogP contribution in [0.4, 0.5) is 0 Å². The number of amides is 1. The van der Waals surface area contributed by atoms with Gasteiger partial charge in [-0.05, 0) is 48.9 Å². The zero-order valence-electron chi connectivity index (χ0n) is 14.7. The maximum atomic E-state index is 12.0. The molecule has 27 heavy (non-hydrogen) atoms. The SMILES string of the molecule is CNS(=O)(=O)c1ccc(CCC(=O)NCc2ccc(S(N)(=O)=O)cc2)cc1. The van der Waals surface area contributed by atoms with Crippen LogP contribution in [0.25, 0.3) is 0 Å². The molecule has 0 unspecified atom stereocenters. The third-order valence-electron chi connectivity index (χ3n) is 3.88. The topological polar surface area (TPSA) is 135 Å². The molecule has 0 spiro atoms. The lowest BCUT2D eigenvalue weighted by atomic mass is 10.1. The summed E-state index contributed by atoms with van der Waals surface area (Å²) in [6.07, 6.45) is 0.712. The van der Waals surface area contributed by atoms with E-state index in [9.17, 15) is 21.6 Å². The number of primary sulfonamides is 1. The number of carbonyl (C=O) groups is 1. The molecule has 0 atom stereocenters. The molecule has 10 heteroatoms. The fourth-order valence-corrected chi connectivity index (χ4v) is 3.54. The van der Waals surface area contributed by atoms with Gasteiger partial charge < -0.3 is 5.32 Å². The molecule has 1 amide bonds. The molecule has 2 rings (SSSR count). The second-order valence-electron chi connectivity index (χ2n) is 5.82. The number of aryl methyl sites for hydroxylation is 1. The minimum absolute atomic E-state index is 0.0151. The van der Waals surface area contributed by atoms with Crippen LogP contribution < -0.4 is 15.2 Å². The Hall–Kier alpha value is -2.27. The molecule has 0 aliphatic rings. The van der Waals surface area contributed by atoms with Crippen molar-refractivity contribution in [3.63, 3.8) is 0 Å². The van der Waals surface area contributed by atoms with Crippen LogP contribution in [0.1, 0.15) is 17.5 Å². The zero-order valence-corrected chi connectivity index (χ0v) is 16.3. The van der Waals surface area contributed by atoms with Gasteiger partial charge in [0.15, 0.2) is 0 Å². The van der Waals surface area contributed by atoms with Crippen LogP contribution in [0.3, 0.4) is 0 Å². The first kappa shape index (κ1) is 21.0. The second kappa shape index (κ2) is 8.61. The molecule has 146 valence electrons. The number of nitrogens with two attached hydrogens (primary N) is 1. The molecule has 0 radical (unpaired) electrons. The number of rotatable bonds is 8.